The number of hydrogen-bond acceptors (Lipinski definition) is 4. The third-order valence-corrected chi connectivity index (χ3v) is 4.15. The summed E-state index contributed by atoms with van der Waals surface area (Å²) in [6, 6.07) is 0.446. The van der Waals surface area contributed by atoms with Crippen molar-refractivity contribution >= 4 is 0 Å². The second-order valence-electron chi connectivity index (χ2n) is 5.05. The number of hydrogen-bond donors (Lipinski definition) is 1. The van der Waals surface area contributed by atoms with E-state index >= 15 is 0 Å². The Kier molecular flexibility index (Phi) is 9.64. The van der Waals surface area contributed by atoms with Crippen LogP contribution in [0.5, 0.6) is 0 Å². The summed E-state index contributed by atoms with van der Waals surface area (Å²) in [4.78, 5) is 2.52. The van der Waals surface area contributed by atoms with Crippen LogP contribution in [-0.2, 0) is 9.47 Å². The average Bonchev–Trinajstić information content (AvgIpc) is 2.40. The Bertz CT molecular complexity index is 202. The predicted molar refractivity (Wildman–Crippen MR) is 77.2 cm³/mol. The van der Waals surface area contributed by atoms with Crippen LogP contribution in [0.15, 0.2) is 0 Å². The molecular weight excluding hydrogens is 228 g/mol. The molecule has 0 spiro atoms. The molecule has 0 rings (SSSR count). The van der Waals surface area contributed by atoms with Crippen molar-refractivity contribution in [3.05, 3.63) is 0 Å². The number of methoxy groups -OCH3 is 2. The highest BCUT2D eigenvalue weighted by Crippen LogP contribution is 2.23. The second kappa shape index (κ2) is 9.73. The van der Waals surface area contributed by atoms with Crippen molar-refractivity contribution in [3.8, 4) is 0 Å². The monoisotopic (exact) mass is 260 g/mol. The van der Waals surface area contributed by atoms with E-state index in [0.717, 1.165) is 39.1 Å². The van der Waals surface area contributed by atoms with Crippen molar-refractivity contribution in [2.45, 2.75) is 45.2 Å². The summed E-state index contributed by atoms with van der Waals surface area (Å²) in [5.41, 5.74) is 0.154. The van der Waals surface area contributed by atoms with Gasteiger partial charge in [0.2, 0.25) is 0 Å². The van der Waals surface area contributed by atoms with Crippen LogP contribution in [0.3, 0.4) is 0 Å². The molecule has 0 aliphatic heterocycles. The van der Waals surface area contributed by atoms with Crippen molar-refractivity contribution in [1.29, 1.82) is 0 Å². The first-order chi connectivity index (χ1) is 8.56. The fourth-order valence-electron chi connectivity index (χ4n) is 2.34. The molecule has 2 unspecified atom stereocenters. The van der Waals surface area contributed by atoms with Crippen LogP contribution in [0.25, 0.3) is 0 Å². The molecule has 0 bridgehead atoms. The molecule has 0 aromatic rings. The normalized spacial score (nSPS) is 16.8. The highest BCUT2D eigenvalue weighted by molar-refractivity contribution is 4.93. The molecule has 0 aromatic heterocycles. The Morgan fingerprint density at radius 2 is 1.78 bits per heavy atom. The minimum absolute atomic E-state index is 0.154. The number of nitrogens with one attached hydrogen (secondary N) is 1. The molecular formula is C14H32N2O2. The van der Waals surface area contributed by atoms with Gasteiger partial charge in [0.15, 0.2) is 0 Å². The summed E-state index contributed by atoms with van der Waals surface area (Å²) in [5.74, 6) is 0. The van der Waals surface area contributed by atoms with Gasteiger partial charge in [-0.15, -0.1) is 0 Å². The summed E-state index contributed by atoms with van der Waals surface area (Å²) in [6.07, 6.45) is 2.18. The van der Waals surface area contributed by atoms with Crippen LogP contribution in [0.4, 0.5) is 0 Å². The molecule has 0 aromatic carbocycles. The molecule has 0 saturated heterocycles. The van der Waals surface area contributed by atoms with Crippen LogP contribution >= 0.6 is 0 Å². The van der Waals surface area contributed by atoms with E-state index in [-0.39, 0.29) is 5.54 Å². The van der Waals surface area contributed by atoms with Crippen molar-refractivity contribution in [2.24, 2.45) is 0 Å². The Labute approximate surface area is 113 Å². The van der Waals surface area contributed by atoms with Gasteiger partial charge in [0, 0.05) is 45.5 Å². The van der Waals surface area contributed by atoms with E-state index < -0.39 is 0 Å². The molecule has 4 heteroatoms. The Morgan fingerprint density at radius 1 is 1.17 bits per heavy atom. The lowest BCUT2D eigenvalue weighted by atomic mass is 9.88. The third-order valence-electron chi connectivity index (χ3n) is 4.15. The van der Waals surface area contributed by atoms with Crippen LogP contribution in [-0.4, -0.2) is 64.1 Å². The maximum Gasteiger partial charge on any atom is 0.0589 e. The molecule has 2 atom stereocenters. The van der Waals surface area contributed by atoms with Gasteiger partial charge in [-0.1, -0.05) is 6.92 Å². The van der Waals surface area contributed by atoms with Crippen LogP contribution < -0.4 is 5.32 Å². The van der Waals surface area contributed by atoms with E-state index in [1.807, 2.05) is 7.05 Å². The van der Waals surface area contributed by atoms with Crippen molar-refractivity contribution in [2.75, 3.05) is 47.6 Å². The lowest BCUT2D eigenvalue weighted by Gasteiger charge is -2.45. The van der Waals surface area contributed by atoms with Gasteiger partial charge in [-0.05, 0) is 33.7 Å². The third kappa shape index (κ3) is 5.22. The number of likely N-dealkylation sites (N-methyl/N-ethyl adjacent to an activating group) is 1. The predicted octanol–water partition coefficient (Wildman–Crippen LogP) is 1.75. The van der Waals surface area contributed by atoms with Gasteiger partial charge >= 0.3 is 0 Å². The second-order valence-corrected chi connectivity index (χ2v) is 5.05. The van der Waals surface area contributed by atoms with Crippen LogP contribution in [0.1, 0.15) is 33.6 Å². The number of nitrogens with zero attached hydrogens (tertiary/aromatic N) is 1. The first-order valence-electron chi connectivity index (χ1n) is 6.97. The zero-order chi connectivity index (χ0) is 14.0. The Hall–Kier alpha value is -0.160. The first kappa shape index (κ1) is 17.8. The topological polar surface area (TPSA) is 33.7 Å². The van der Waals surface area contributed by atoms with Gasteiger partial charge < -0.3 is 14.8 Å². The van der Waals surface area contributed by atoms with Gasteiger partial charge in [-0.3, -0.25) is 4.90 Å². The smallest absolute Gasteiger partial charge is 0.0589 e. The molecule has 0 aliphatic rings. The van der Waals surface area contributed by atoms with Gasteiger partial charge in [-0.2, -0.15) is 0 Å². The minimum atomic E-state index is 0.154. The highest BCUT2D eigenvalue weighted by Gasteiger charge is 2.34. The summed E-state index contributed by atoms with van der Waals surface area (Å²) in [5, 5.41) is 3.39. The summed E-state index contributed by atoms with van der Waals surface area (Å²) >= 11 is 0. The quantitative estimate of drug-likeness (QED) is 0.574. The van der Waals surface area contributed by atoms with E-state index in [9.17, 15) is 0 Å². The molecule has 0 amide bonds. The van der Waals surface area contributed by atoms with E-state index in [0.29, 0.717) is 6.04 Å². The summed E-state index contributed by atoms with van der Waals surface area (Å²) in [7, 11) is 5.55. The highest BCUT2D eigenvalue weighted by atomic mass is 16.5. The lowest BCUT2D eigenvalue weighted by Crippen LogP contribution is -2.58. The average molecular weight is 260 g/mol. The molecule has 4 nitrogen and oxygen atoms in total. The largest absolute Gasteiger partial charge is 0.385 e. The molecule has 110 valence electrons. The molecule has 0 aliphatic carbocycles. The van der Waals surface area contributed by atoms with Crippen molar-refractivity contribution in [3.63, 3.8) is 0 Å². The fourth-order valence-corrected chi connectivity index (χ4v) is 2.34. The molecule has 0 fully saturated rings. The summed E-state index contributed by atoms with van der Waals surface area (Å²) in [6.45, 7) is 10.4. The van der Waals surface area contributed by atoms with Gasteiger partial charge in [0.05, 0.1) is 6.61 Å². The van der Waals surface area contributed by atoms with E-state index in [4.69, 9.17) is 9.47 Å². The zero-order valence-corrected chi connectivity index (χ0v) is 13.1. The fraction of sp³-hybridized carbons (Fsp3) is 1.00. The van der Waals surface area contributed by atoms with Gasteiger partial charge in [0.1, 0.15) is 0 Å². The molecule has 0 heterocycles. The molecule has 0 saturated carbocycles. The molecule has 1 N–H and O–H groups in total. The molecule has 0 radical (unpaired) electrons. The van der Waals surface area contributed by atoms with E-state index in [1.54, 1.807) is 14.2 Å². The zero-order valence-electron chi connectivity index (χ0n) is 13.1. The SMILES string of the molecule is CCC(C)(C(C)NC)N(CCCOC)CCOC. The number of ether oxygens (including phenoxy) is 2. The maximum absolute atomic E-state index is 5.24. The van der Waals surface area contributed by atoms with E-state index in [2.05, 4.69) is 31.0 Å². The van der Waals surface area contributed by atoms with Crippen LogP contribution in [0, 0.1) is 0 Å². The maximum atomic E-state index is 5.24. The minimum Gasteiger partial charge on any atom is -0.385 e. The van der Waals surface area contributed by atoms with Crippen molar-refractivity contribution in [1.82, 2.24) is 10.2 Å². The van der Waals surface area contributed by atoms with Crippen molar-refractivity contribution < 1.29 is 9.47 Å². The van der Waals surface area contributed by atoms with Crippen LogP contribution in [0.2, 0.25) is 0 Å². The van der Waals surface area contributed by atoms with E-state index in [1.165, 1.54) is 0 Å². The number of rotatable bonds is 11. The first-order valence-corrected chi connectivity index (χ1v) is 6.97. The Morgan fingerprint density at radius 3 is 2.22 bits per heavy atom. The summed E-state index contributed by atoms with van der Waals surface area (Å²) < 4.78 is 10.4. The van der Waals surface area contributed by atoms with Gasteiger partial charge in [0.25, 0.3) is 0 Å². The standard InChI is InChI=1S/C14H32N2O2/c1-7-14(3,13(2)15-4)16(10-12-18-6)9-8-11-17-5/h13,15H,7-12H2,1-6H3. The Balaban J connectivity index is 4.64. The molecule has 18 heavy (non-hydrogen) atoms. The van der Waals surface area contributed by atoms with Gasteiger partial charge in [-0.25, -0.2) is 0 Å². The lowest BCUT2D eigenvalue weighted by molar-refractivity contribution is 0.0350.